The molecule has 6 atom stereocenters. The van der Waals surface area contributed by atoms with Gasteiger partial charge in [0.1, 0.15) is 30.2 Å². The third kappa shape index (κ3) is 15.4. The first-order valence-electron chi connectivity index (χ1n) is 12.6. The largest absolute Gasteiger partial charge is 0.480 e. The van der Waals surface area contributed by atoms with E-state index in [0.717, 1.165) is 0 Å². The summed E-state index contributed by atoms with van der Waals surface area (Å²) in [5, 5.41) is 20.9. The van der Waals surface area contributed by atoms with E-state index in [-0.39, 0.29) is 48.7 Å². The summed E-state index contributed by atoms with van der Waals surface area (Å²) >= 11 is 16.1. The van der Waals surface area contributed by atoms with Gasteiger partial charge >= 0.3 is 5.97 Å². The van der Waals surface area contributed by atoms with Gasteiger partial charge in [-0.25, -0.2) is 4.79 Å². The van der Waals surface area contributed by atoms with Crippen molar-refractivity contribution in [3.63, 3.8) is 0 Å². The van der Waals surface area contributed by atoms with E-state index in [0.29, 0.717) is 0 Å². The lowest BCUT2D eigenvalue weighted by Gasteiger charge is -2.25. The van der Waals surface area contributed by atoms with Gasteiger partial charge in [0.2, 0.25) is 41.4 Å². The van der Waals surface area contributed by atoms with Crippen LogP contribution in [0.3, 0.4) is 0 Å². The van der Waals surface area contributed by atoms with Gasteiger partial charge in [0.15, 0.2) is 0 Å². The van der Waals surface area contributed by atoms with Crippen LogP contribution in [-0.4, -0.2) is 112 Å². The van der Waals surface area contributed by atoms with Gasteiger partial charge in [-0.05, 0) is 12.8 Å². The van der Waals surface area contributed by atoms with E-state index in [4.69, 9.17) is 17.2 Å². The number of carbonyl (C=O) groups is 8. The molecule has 0 aromatic heterocycles. The van der Waals surface area contributed by atoms with E-state index in [1.807, 2.05) is 0 Å². The van der Waals surface area contributed by atoms with Crippen molar-refractivity contribution in [1.82, 2.24) is 26.6 Å². The number of nitrogens with two attached hydrogens (primary N) is 3. The topological polar surface area (TPSA) is 295 Å². The fraction of sp³-hybridized carbons (Fsp3) is 0.636. The van der Waals surface area contributed by atoms with Crippen LogP contribution in [-0.2, 0) is 38.4 Å². The van der Waals surface area contributed by atoms with Crippen molar-refractivity contribution < 1.29 is 43.5 Å². The molecule has 0 aromatic rings. The first-order chi connectivity index (χ1) is 20.1. The Morgan fingerprint density at radius 1 is 0.512 bits per heavy atom. The number of hydrogen-bond donors (Lipinski definition) is 13. The van der Waals surface area contributed by atoms with Gasteiger partial charge in [-0.15, -0.1) is 0 Å². The highest BCUT2D eigenvalue weighted by Gasteiger charge is 2.31. The van der Waals surface area contributed by atoms with Crippen molar-refractivity contribution in [2.45, 2.75) is 61.9 Å². The Balaban J connectivity index is 5.29. The second-order valence-corrected chi connectivity index (χ2v) is 10.5. The number of primary amides is 2. The molecule has 21 heteroatoms. The van der Waals surface area contributed by atoms with Crippen LogP contribution in [0.15, 0.2) is 0 Å². The fourth-order valence-corrected chi connectivity index (χ4v) is 4.15. The number of carboxylic acid groups (broad SMARTS) is 1. The summed E-state index contributed by atoms with van der Waals surface area (Å²) in [7, 11) is 0. The lowest BCUT2D eigenvalue weighted by Crippen LogP contribution is -2.60. The summed E-state index contributed by atoms with van der Waals surface area (Å²) in [6.45, 7) is 0. The molecule has 0 bridgehead atoms. The Hall–Kier alpha value is -2.88. The fourth-order valence-electron chi connectivity index (χ4n) is 3.12. The lowest BCUT2D eigenvalue weighted by atomic mass is 10.1. The third-order valence-electron chi connectivity index (χ3n) is 5.59. The van der Waals surface area contributed by atoms with Crippen LogP contribution in [0.5, 0.6) is 0 Å². The number of carbonyl (C=O) groups excluding carboxylic acids is 7. The van der Waals surface area contributed by atoms with Crippen LogP contribution in [0.25, 0.3) is 0 Å². The molecule has 0 fully saturated rings. The summed E-state index contributed by atoms with van der Waals surface area (Å²) in [4.78, 5) is 96.5. The second-order valence-electron chi connectivity index (χ2n) is 8.99. The molecular formula is C22H38N8O9S4. The number of nitrogens with one attached hydrogen (secondary N) is 5. The second kappa shape index (κ2) is 20.9. The van der Waals surface area contributed by atoms with Gasteiger partial charge < -0.3 is 48.9 Å². The lowest BCUT2D eigenvalue weighted by molar-refractivity contribution is -0.142. The third-order valence-corrected chi connectivity index (χ3v) is 7.06. The molecule has 17 nitrogen and oxygen atoms in total. The van der Waals surface area contributed by atoms with Crippen molar-refractivity contribution in [1.29, 1.82) is 0 Å². The first-order valence-corrected chi connectivity index (χ1v) is 15.1. The van der Waals surface area contributed by atoms with Crippen LogP contribution in [0.2, 0.25) is 0 Å². The van der Waals surface area contributed by atoms with Crippen LogP contribution < -0.4 is 43.8 Å². The molecule has 0 aromatic carbocycles. The Morgan fingerprint density at radius 2 is 0.791 bits per heavy atom. The molecule has 0 rings (SSSR count). The smallest absolute Gasteiger partial charge is 0.326 e. The molecule has 0 saturated heterocycles. The molecule has 0 aliphatic carbocycles. The maximum Gasteiger partial charge on any atom is 0.326 e. The molecule has 7 amide bonds. The quantitative estimate of drug-likeness (QED) is 0.0511. The van der Waals surface area contributed by atoms with Crippen molar-refractivity contribution in [2.24, 2.45) is 17.2 Å². The number of carboxylic acids is 1. The number of rotatable bonds is 21. The zero-order valence-corrected chi connectivity index (χ0v) is 26.4. The Bertz CT molecular complexity index is 1040. The van der Waals surface area contributed by atoms with Crippen molar-refractivity contribution >= 4 is 97.8 Å². The minimum absolute atomic E-state index is 0.0535. The summed E-state index contributed by atoms with van der Waals surface area (Å²) in [6, 6.07) is -7.76. The monoisotopic (exact) mass is 686 g/mol. The van der Waals surface area contributed by atoms with E-state index in [1.165, 1.54) is 0 Å². The highest BCUT2D eigenvalue weighted by molar-refractivity contribution is 7.80. The zero-order chi connectivity index (χ0) is 33.3. The summed E-state index contributed by atoms with van der Waals surface area (Å²) < 4.78 is 0. The summed E-state index contributed by atoms with van der Waals surface area (Å²) in [6.07, 6.45) is -0.789. The van der Waals surface area contributed by atoms with Crippen molar-refractivity contribution in [3.05, 3.63) is 0 Å². The summed E-state index contributed by atoms with van der Waals surface area (Å²) in [5.41, 5.74) is 15.8. The van der Waals surface area contributed by atoms with Gasteiger partial charge in [-0.2, -0.15) is 50.5 Å². The molecule has 0 spiro atoms. The Morgan fingerprint density at radius 3 is 1.07 bits per heavy atom. The minimum Gasteiger partial charge on any atom is -0.480 e. The van der Waals surface area contributed by atoms with Gasteiger partial charge in [0, 0.05) is 35.9 Å². The normalized spacial score (nSPS) is 14.9. The van der Waals surface area contributed by atoms with E-state index >= 15 is 0 Å². The molecule has 43 heavy (non-hydrogen) atoms. The maximum atomic E-state index is 12.9. The molecule has 12 N–H and O–H groups in total. The van der Waals surface area contributed by atoms with E-state index in [1.54, 1.807) is 0 Å². The van der Waals surface area contributed by atoms with Crippen LogP contribution in [0.4, 0.5) is 0 Å². The Kier molecular flexibility index (Phi) is 19.5. The van der Waals surface area contributed by atoms with Gasteiger partial charge in [0.05, 0.1) is 6.04 Å². The first kappa shape index (κ1) is 40.1. The van der Waals surface area contributed by atoms with Crippen LogP contribution in [0, 0.1) is 0 Å². The van der Waals surface area contributed by atoms with Gasteiger partial charge in [0.25, 0.3) is 0 Å². The average Bonchev–Trinajstić information content (AvgIpc) is 2.95. The van der Waals surface area contributed by atoms with Gasteiger partial charge in [-0.3, -0.25) is 33.6 Å². The highest BCUT2D eigenvalue weighted by Crippen LogP contribution is 2.02. The van der Waals surface area contributed by atoms with Gasteiger partial charge in [-0.1, -0.05) is 0 Å². The van der Waals surface area contributed by atoms with E-state index in [9.17, 15) is 43.5 Å². The van der Waals surface area contributed by atoms with Crippen molar-refractivity contribution in [2.75, 3.05) is 23.0 Å². The highest BCUT2D eigenvalue weighted by atomic mass is 32.1. The van der Waals surface area contributed by atoms with Crippen molar-refractivity contribution in [3.8, 4) is 0 Å². The molecule has 0 heterocycles. The SMILES string of the molecule is NC(=O)CCC(N)C(=O)NC(CS)C(=O)NC(CS)C(=O)NC(CS)C(=O)NC(CS)C(=O)NC(CCC(N)=O)C(=O)O. The van der Waals surface area contributed by atoms with Crippen LogP contribution in [0.1, 0.15) is 25.7 Å². The number of aliphatic carboxylic acids is 1. The molecule has 0 radical (unpaired) electrons. The predicted molar refractivity (Wildman–Crippen MR) is 168 cm³/mol. The van der Waals surface area contributed by atoms with E-state index < -0.39 is 83.6 Å². The average molecular weight is 687 g/mol. The Labute approximate surface area is 269 Å². The molecule has 6 unspecified atom stereocenters. The molecular weight excluding hydrogens is 649 g/mol. The molecule has 244 valence electrons. The predicted octanol–water partition coefficient (Wildman–Crippen LogP) is -4.93. The number of hydrogen-bond acceptors (Lipinski definition) is 13. The zero-order valence-electron chi connectivity index (χ0n) is 22.9. The minimum atomic E-state index is -1.46. The standard InChI is InChI=1S/C22H38N8O9S4/c23-9(1-3-15(24)31)17(33)27-11(5-40)19(35)29-13(7-42)21(37)30-14(8-43)20(36)28-12(6-41)18(34)26-10(22(38)39)2-4-16(25)32/h9-14,40-43H,1-8,23H2,(H2,24,31)(H2,25,32)(H,26,34)(H,27,33)(H,28,36)(H,29,35)(H,30,37)(H,38,39). The molecule has 0 aliphatic rings. The van der Waals surface area contributed by atoms with Crippen LogP contribution >= 0.6 is 50.5 Å². The molecule has 0 aliphatic heterocycles. The maximum absolute atomic E-state index is 12.9. The number of thiol groups is 4. The number of amides is 7. The van der Waals surface area contributed by atoms with E-state index in [2.05, 4.69) is 77.1 Å². The summed E-state index contributed by atoms with van der Waals surface area (Å²) in [5.74, 6) is -7.99. The molecule has 0 saturated carbocycles.